The third kappa shape index (κ3) is 4.82. The van der Waals surface area contributed by atoms with Crippen LogP contribution in [0.1, 0.15) is 29.0 Å². The number of anilines is 2. The van der Waals surface area contributed by atoms with Crippen molar-refractivity contribution in [2.75, 3.05) is 49.5 Å². The molecule has 154 valence electrons. The quantitative estimate of drug-likeness (QED) is 0.833. The second kappa shape index (κ2) is 8.73. The molecule has 2 aliphatic rings. The smallest absolute Gasteiger partial charge is 0.272 e. The summed E-state index contributed by atoms with van der Waals surface area (Å²) in [7, 11) is 0. The Morgan fingerprint density at radius 1 is 1.21 bits per heavy atom. The summed E-state index contributed by atoms with van der Waals surface area (Å²) in [5, 5.41) is 3.20. The zero-order valence-electron chi connectivity index (χ0n) is 16.6. The highest BCUT2D eigenvalue weighted by Crippen LogP contribution is 2.18. The highest BCUT2D eigenvalue weighted by molar-refractivity contribution is 5.92. The van der Waals surface area contributed by atoms with Crippen molar-refractivity contribution in [3.05, 3.63) is 47.5 Å². The minimum atomic E-state index is -0.245. The number of halogens is 1. The van der Waals surface area contributed by atoms with E-state index in [2.05, 4.69) is 20.2 Å². The molecule has 7 nitrogen and oxygen atoms in total. The van der Waals surface area contributed by atoms with Crippen LogP contribution in [0.15, 0.2) is 30.3 Å². The maximum Gasteiger partial charge on any atom is 0.272 e. The van der Waals surface area contributed by atoms with E-state index in [9.17, 15) is 9.18 Å². The van der Waals surface area contributed by atoms with E-state index in [1.165, 1.54) is 12.1 Å². The van der Waals surface area contributed by atoms with E-state index in [0.717, 1.165) is 30.8 Å². The molecule has 4 rings (SSSR count). The summed E-state index contributed by atoms with van der Waals surface area (Å²) >= 11 is 0. The van der Waals surface area contributed by atoms with E-state index < -0.39 is 0 Å². The highest BCUT2D eigenvalue weighted by atomic mass is 19.1. The number of carbonyl (C=O) groups excluding carboxylic acids is 1. The summed E-state index contributed by atoms with van der Waals surface area (Å²) in [6.07, 6.45) is 2.29. The molecule has 1 N–H and O–H groups in total. The molecule has 2 aromatic rings. The van der Waals surface area contributed by atoms with E-state index in [4.69, 9.17) is 4.74 Å². The van der Waals surface area contributed by atoms with Gasteiger partial charge in [-0.15, -0.1) is 0 Å². The molecule has 0 aliphatic carbocycles. The molecule has 1 atom stereocenters. The van der Waals surface area contributed by atoms with Crippen molar-refractivity contribution in [1.82, 2.24) is 14.9 Å². The lowest BCUT2D eigenvalue weighted by atomic mass is 10.2. The summed E-state index contributed by atoms with van der Waals surface area (Å²) in [5.41, 5.74) is 2.13. The fourth-order valence-electron chi connectivity index (χ4n) is 3.75. The molecule has 0 radical (unpaired) electrons. The molecule has 2 saturated heterocycles. The van der Waals surface area contributed by atoms with E-state index in [-0.39, 0.29) is 17.8 Å². The van der Waals surface area contributed by atoms with Crippen LogP contribution in [0, 0.1) is 12.7 Å². The van der Waals surface area contributed by atoms with Gasteiger partial charge in [-0.3, -0.25) is 4.79 Å². The van der Waals surface area contributed by atoms with Crippen molar-refractivity contribution in [3.8, 4) is 0 Å². The molecule has 0 saturated carbocycles. The summed E-state index contributed by atoms with van der Waals surface area (Å²) in [6, 6.07) is 8.19. The van der Waals surface area contributed by atoms with Crippen LogP contribution in [0.3, 0.4) is 0 Å². The van der Waals surface area contributed by atoms with E-state index in [1.807, 2.05) is 11.8 Å². The third-order valence-corrected chi connectivity index (χ3v) is 5.34. The van der Waals surface area contributed by atoms with Gasteiger partial charge in [-0.25, -0.2) is 14.4 Å². The van der Waals surface area contributed by atoms with Crippen LogP contribution in [0.5, 0.6) is 0 Å². The van der Waals surface area contributed by atoms with Gasteiger partial charge in [-0.2, -0.15) is 0 Å². The third-order valence-electron chi connectivity index (χ3n) is 5.34. The summed E-state index contributed by atoms with van der Waals surface area (Å²) in [6.45, 7) is 5.90. The average molecular weight is 399 g/mol. The number of nitrogens with one attached hydrogen (secondary N) is 1. The molecular formula is C21H26FN5O2. The molecule has 1 aromatic carbocycles. The Bertz CT molecular complexity index is 847. The number of amides is 1. The molecule has 2 aliphatic heterocycles. The number of carbonyl (C=O) groups is 1. The van der Waals surface area contributed by atoms with Gasteiger partial charge < -0.3 is 19.9 Å². The van der Waals surface area contributed by atoms with Gasteiger partial charge in [0.15, 0.2) is 0 Å². The Morgan fingerprint density at radius 2 is 1.97 bits per heavy atom. The fourth-order valence-corrected chi connectivity index (χ4v) is 3.75. The first-order valence-corrected chi connectivity index (χ1v) is 10.1. The van der Waals surface area contributed by atoms with Crippen molar-refractivity contribution >= 4 is 17.5 Å². The number of benzene rings is 1. The Morgan fingerprint density at radius 3 is 2.66 bits per heavy atom. The Labute approximate surface area is 169 Å². The van der Waals surface area contributed by atoms with E-state index >= 15 is 0 Å². The van der Waals surface area contributed by atoms with Crippen molar-refractivity contribution in [2.24, 2.45) is 0 Å². The molecule has 1 aromatic heterocycles. The zero-order chi connectivity index (χ0) is 20.2. The number of aryl methyl sites for hydroxylation is 1. The SMILES string of the molecule is Cc1cc(C(=O)N2CCN(c3ccc(F)cc3)CC2)nc(NCC2CCCO2)n1. The molecule has 1 unspecified atom stereocenters. The number of nitrogens with zero attached hydrogens (tertiary/aromatic N) is 4. The van der Waals surface area contributed by atoms with E-state index in [1.54, 1.807) is 18.2 Å². The van der Waals surface area contributed by atoms with Crippen LogP contribution >= 0.6 is 0 Å². The molecule has 1 amide bonds. The van der Waals surface area contributed by atoms with Crippen LogP contribution in [0.2, 0.25) is 0 Å². The summed E-state index contributed by atoms with van der Waals surface area (Å²) in [5.74, 6) is 0.133. The molecule has 2 fully saturated rings. The maximum atomic E-state index is 13.1. The minimum Gasteiger partial charge on any atom is -0.376 e. The van der Waals surface area contributed by atoms with Crippen molar-refractivity contribution in [1.29, 1.82) is 0 Å². The fraction of sp³-hybridized carbons (Fsp3) is 0.476. The topological polar surface area (TPSA) is 70.6 Å². The molecule has 3 heterocycles. The van der Waals surface area contributed by atoms with E-state index in [0.29, 0.717) is 44.4 Å². The molecule has 8 heteroatoms. The minimum absolute atomic E-state index is 0.0885. The van der Waals surface area contributed by atoms with Crippen LogP contribution in [-0.4, -0.2) is 66.2 Å². The number of rotatable bonds is 5. The van der Waals surface area contributed by atoms with Gasteiger partial charge in [0.1, 0.15) is 11.5 Å². The Hall–Kier alpha value is -2.74. The van der Waals surface area contributed by atoms with Gasteiger partial charge in [0.05, 0.1) is 6.10 Å². The molecule has 29 heavy (non-hydrogen) atoms. The van der Waals surface area contributed by atoms with Crippen LogP contribution in [0.25, 0.3) is 0 Å². The Kier molecular flexibility index (Phi) is 5.89. The van der Waals surface area contributed by atoms with Crippen molar-refractivity contribution in [2.45, 2.75) is 25.9 Å². The first-order valence-electron chi connectivity index (χ1n) is 10.1. The average Bonchev–Trinajstić information content (AvgIpc) is 3.26. The predicted octanol–water partition coefficient (Wildman–Crippen LogP) is 2.48. The van der Waals surface area contributed by atoms with Crippen LogP contribution in [0.4, 0.5) is 16.0 Å². The monoisotopic (exact) mass is 399 g/mol. The summed E-state index contributed by atoms with van der Waals surface area (Å²) in [4.78, 5) is 25.8. The van der Waals surface area contributed by atoms with Gasteiger partial charge in [-0.1, -0.05) is 0 Å². The number of aromatic nitrogens is 2. The molecular weight excluding hydrogens is 373 g/mol. The highest BCUT2D eigenvalue weighted by Gasteiger charge is 2.24. The van der Waals surface area contributed by atoms with Gasteiger partial charge in [0, 0.05) is 50.7 Å². The van der Waals surface area contributed by atoms with Crippen molar-refractivity contribution < 1.29 is 13.9 Å². The van der Waals surface area contributed by atoms with Crippen molar-refractivity contribution in [3.63, 3.8) is 0 Å². The second-order valence-electron chi connectivity index (χ2n) is 7.49. The number of ether oxygens (including phenoxy) is 1. The standard InChI is InChI=1S/C21H26FN5O2/c1-15-13-19(25-21(24-15)23-14-18-3-2-12-29-18)20(28)27-10-8-26(9-11-27)17-6-4-16(22)5-7-17/h4-7,13,18H,2-3,8-12,14H2,1H3,(H,23,24,25). The summed E-state index contributed by atoms with van der Waals surface area (Å²) < 4.78 is 18.7. The Balaban J connectivity index is 1.37. The van der Waals surface area contributed by atoms with Crippen LogP contribution in [-0.2, 0) is 4.74 Å². The maximum absolute atomic E-state index is 13.1. The molecule has 0 bridgehead atoms. The normalized spacial score (nSPS) is 19.4. The largest absolute Gasteiger partial charge is 0.376 e. The lowest BCUT2D eigenvalue weighted by Gasteiger charge is -2.36. The first kappa shape index (κ1) is 19.6. The lowest BCUT2D eigenvalue weighted by molar-refractivity contribution is 0.0740. The molecule has 0 spiro atoms. The number of hydrogen-bond donors (Lipinski definition) is 1. The van der Waals surface area contributed by atoms with Gasteiger partial charge in [0.2, 0.25) is 5.95 Å². The van der Waals surface area contributed by atoms with Gasteiger partial charge in [-0.05, 0) is 50.1 Å². The number of piperazine rings is 1. The predicted molar refractivity (Wildman–Crippen MR) is 109 cm³/mol. The van der Waals surface area contributed by atoms with Gasteiger partial charge in [0.25, 0.3) is 5.91 Å². The lowest BCUT2D eigenvalue weighted by Crippen LogP contribution is -2.49. The van der Waals surface area contributed by atoms with Crippen LogP contribution < -0.4 is 10.2 Å². The second-order valence-corrected chi connectivity index (χ2v) is 7.49. The zero-order valence-corrected chi connectivity index (χ0v) is 16.6. The van der Waals surface area contributed by atoms with Gasteiger partial charge >= 0.3 is 0 Å². The first-order chi connectivity index (χ1) is 14.1. The number of hydrogen-bond acceptors (Lipinski definition) is 6.